The maximum atomic E-state index is 12.2. The van der Waals surface area contributed by atoms with E-state index in [4.69, 9.17) is 5.73 Å². The quantitative estimate of drug-likeness (QED) is 0.910. The van der Waals surface area contributed by atoms with Crippen LogP contribution >= 0.6 is 27.3 Å². The van der Waals surface area contributed by atoms with Crippen molar-refractivity contribution in [1.29, 1.82) is 0 Å². The van der Waals surface area contributed by atoms with E-state index < -0.39 is 0 Å². The van der Waals surface area contributed by atoms with Crippen molar-refractivity contribution >= 4 is 33.2 Å². The normalized spacial score (nSPS) is 23.1. The monoisotopic (exact) mass is 316 g/mol. The van der Waals surface area contributed by atoms with Crippen LogP contribution < -0.4 is 5.73 Å². The molecule has 17 heavy (non-hydrogen) atoms. The highest BCUT2D eigenvalue weighted by molar-refractivity contribution is 9.11. The summed E-state index contributed by atoms with van der Waals surface area (Å²) in [7, 11) is 0. The number of amides is 1. The van der Waals surface area contributed by atoms with Crippen molar-refractivity contribution < 1.29 is 4.79 Å². The second-order valence-corrected chi connectivity index (χ2v) is 7.71. The van der Waals surface area contributed by atoms with E-state index in [-0.39, 0.29) is 17.5 Å². The standard InChI is InChI=1S/C12H17BrN2OS/c1-12(2)6-8(14)7-15(12)11(16)5-9-3-4-10(13)17-9/h3-4,8H,5-7,14H2,1-2H3. The van der Waals surface area contributed by atoms with E-state index in [0.717, 1.165) is 15.1 Å². The number of thiophene rings is 1. The predicted octanol–water partition coefficient (Wildman–Crippen LogP) is 2.39. The van der Waals surface area contributed by atoms with Crippen LogP contribution in [0.25, 0.3) is 0 Å². The highest BCUT2D eigenvalue weighted by Gasteiger charge is 2.39. The van der Waals surface area contributed by atoms with Crippen LogP contribution in [0.5, 0.6) is 0 Å². The first kappa shape index (κ1) is 13.1. The molecule has 2 rings (SSSR count). The summed E-state index contributed by atoms with van der Waals surface area (Å²) in [5.74, 6) is 0.178. The fraction of sp³-hybridized carbons (Fsp3) is 0.583. The number of carbonyl (C=O) groups excluding carboxylic acids is 1. The molecule has 94 valence electrons. The molecule has 2 N–H and O–H groups in total. The minimum atomic E-state index is -0.106. The van der Waals surface area contributed by atoms with Gasteiger partial charge in [0.2, 0.25) is 5.91 Å². The van der Waals surface area contributed by atoms with Gasteiger partial charge in [-0.25, -0.2) is 0 Å². The molecular weight excluding hydrogens is 300 g/mol. The zero-order valence-electron chi connectivity index (χ0n) is 10.1. The number of halogens is 1. The van der Waals surface area contributed by atoms with Gasteiger partial charge in [0.05, 0.1) is 10.2 Å². The summed E-state index contributed by atoms with van der Waals surface area (Å²) in [6.07, 6.45) is 1.36. The molecule has 5 heteroatoms. The van der Waals surface area contributed by atoms with Crippen molar-refractivity contribution in [3.8, 4) is 0 Å². The van der Waals surface area contributed by atoms with Gasteiger partial charge in [-0.3, -0.25) is 4.79 Å². The van der Waals surface area contributed by atoms with Crippen LogP contribution in [0.2, 0.25) is 0 Å². The Balaban J connectivity index is 2.05. The van der Waals surface area contributed by atoms with Crippen molar-refractivity contribution in [1.82, 2.24) is 4.90 Å². The van der Waals surface area contributed by atoms with Gasteiger partial charge in [-0.15, -0.1) is 11.3 Å². The lowest BCUT2D eigenvalue weighted by atomic mass is 10.0. The van der Waals surface area contributed by atoms with E-state index in [0.29, 0.717) is 13.0 Å². The molecule has 1 aromatic heterocycles. The Labute approximate surface area is 114 Å². The van der Waals surface area contributed by atoms with E-state index in [9.17, 15) is 4.79 Å². The molecule has 0 bridgehead atoms. The zero-order chi connectivity index (χ0) is 12.6. The summed E-state index contributed by atoms with van der Waals surface area (Å²) in [6, 6.07) is 4.09. The van der Waals surface area contributed by atoms with Gasteiger partial charge in [0.25, 0.3) is 0 Å². The molecule has 1 atom stereocenters. The average Bonchev–Trinajstić information content (AvgIpc) is 2.69. The summed E-state index contributed by atoms with van der Waals surface area (Å²) in [5, 5.41) is 0. The molecule has 1 amide bonds. The first-order chi connectivity index (χ1) is 7.88. The molecule has 1 unspecified atom stereocenters. The third kappa shape index (κ3) is 2.89. The fourth-order valence-corrected chi connectivity index (χ4v) is 3.90. The maximum Gasteiger partial charge on any atom is 0.228 e. The number of likely N-dealkylation sites (tertiary alicyclic amines) is 1. The van der Waals surface area contributed by atoms with Gasteiger partial charge >= 0.3 is 0 Å². The van der Waals surface area contributed by atoms with Crippen LogP contribution in [0.4, 0.5) is 0 Å². The molecule has 0 radical (unpaired) electrons. The molecule has 2 heterocycles. The predicted molar refractivity (Wildman–Crippen MR) is 74.1 cm³/mol. The lowest BCUT2D eigenvalue weighted by molar-refractivity contribution is -0.133. The van der Waals surface area contributed by atoms with Crippen molar-refractivity contribution in [2.45, 2.75) is 38.3 Å². The first-order valence-corrected chi connectivity index (χ1v) is 7.30. The Hall–Kier alpha value is -0.390. The molecule has 1 aliphatic heterocycles. The van der Waals surface area contributed by atoms with Gasteiger partial charge in [0, 0.05) is 23.0 Å². The van der Waals surface area contributed by atoms with Crippen molar-refractivity contribution in [3.05, 3.63) is 20.8 Å². The van der Waals surface area contributed by atoms with Crippen LogP contribution in [-0.2, 0) is 11.2 Å². The van der Waals surface area contributed by atoms with Crippen LogP contribution in [0.1, 0.15) is 25.1 Å². The molecule has 1 aliphatic rings. The molecule has 3 nitrogen and oxygen atoms in total. The number of hydrogen-bond donors (Lipinski definition) is 1. The third-order valence-electron chi connectivity index (χ3n) is 3.16. The summed E-state index contributed by atoms with van der Waals surface area (Å²) in [6.45, 7) is 4.85. The average molecular weight is 317 g/mol. The molecule has 1 aromatic rings. The van der Waals surface area contributed by atoms with Gasteiger partial charge in [0.1, 0.15) is 0 Å². The molecule has 0 aromatic carbocycles. The number of nitrogens with two attached hydrogens (primary N) is 1. The molecule has 0 aliphatic carbocycles. The lowest BCUT2D eigenvalue weighted by Crippen LogP contribution is -2.43. The highest BCUT2D eigenvalue weighted by Crippen LogP contribution is 2.29. The number of hydrogen-bond acceptors (Lipinski definition) is 3. The maximum absolute atomic E-state index is 12.2. The van der Waals surface area contributed by atoms with Crippen LogP contribution in [0, 0.1) is 0 Å². The Bertz CT molecular complexity index is 430. The summed E-state index contributed by atoms with van der Waals surface area (Å²) < 4.78 is 1.07. The lowest BCUT2D eigenvalue weighted by Gasteiger charge is -2.31. The van der Waals surface area contributed by atoms with Crippen LogP contribution in [-0.4, -0.2) is 28.9 Å². The highest BCUT2D eigenvalue weighted by atomic mass is 79.9. The Morgan fingerprint density at radius 2 is 2.35 bits per heavy atom. The summed E-state index contributed by atoms with van der Waals surface area (Å²) in [5.41, 5.74) is 5.83. The topological polar surface area (TPSA) is 46.3 Å². The third-order valence-corrected chi connectivity index (χ3v) is 4.79. The molecule has 1 saturated heterocycles. The SMILES string of the molecule is CC1(C)CC(N)CN1C(=O)Cc1ccc(Br)s1. The van der Waals surface area contributed by atoms with Gasteiger partial charge in [-0.1, -0.05) is 0 Å². The fourth-order valence-electron chi connectivity index (χ4n) is 2.43. The van der Waals surface area contributed by atoms with Crippen LogP contribution in [0.15, 0.2) is 15.9 Å². The van der Waals surface area contributed by atoms with E-state index in [1.165, 1.54) is 0 Å². The number of rotatable bonds is 2. The van der Waals surface area contributed by atoms with E-state index in [2.05, 4.69) is 29.8 Å². The number of carbonyl (C=O) groups is 1. The van der Waals surface area contributed by atoms with Gasteiger partial charge in [0.15, 0.2) is 0 Å². The Kier molecular flexibility index (Phi) is 3.61. The molecule has 0 spiro atoms. The largest absolute Gasteiger partial charge is 0.336 e. The first-order valence-electron chi connectivity index (χ1n) is 5.69. The van der Waals surface area contributed by atoms with Crippen molar-refractivity contribution in [2.24, 2.45) is 5.73 Å². The smallest absolute Gasteiger partial charge is 0.228 e. The van der Waals surface area contributed by atoms with Gasteiger partial charge in [-0.05, 0) is 48.3 Å². The zero-order valence-corrected chi connectivity index (χ0v) is 12.5. The van der Waals surface area contributed by atoms with Gasteiger partial charge in [-0.2, -0.15) is 0 Å². The molecule has 0 saturated carbocycles. The van der Waals surface area contributed by atoms with E-state index in [1.54, 1.807) is 11.3 Å². The summed E-state index contributed by atoms with van der Waals surface area (Å²) in [4.78, 5) is 15.3. The second-order valence-electron chi connectivity index (χ2n) is 5.16. The van der Waals surface area contributed by atoms with Crippen molar-refractivity contribution in [3.63, 3.8) is 0 Å². The van der Waals surface area contributed by atoms with E-state index >= 15 is 0 Å². The molecular formula is C12H17BrN2OS. The summed E-state index contributed by atoms with van der Waals surface area (Å²) >= 11 is 5.02. The number of nitrogens with zero attached hydrogens (tertiary/aromatic N) is 1. The van der Waals surface area contributed by atoms with E-state index in [1.807, 2.05) is 17.0 Å². The Morgan fingerprint density at radius 1 is 1.65 bits per heavy atom. The van der Waals surface area contributed by atoms with Crippen LogP contribution in [0.3, 0.4) is 0 Å². The minimum Gasteiger partial charge on any atom is -0.336 e. The Morgan fingerprint density at radius 3 is 2.82 bits per heavy atom. The van der Waals surface area contributed by atoms with Crippen molar-refractivity contribution in [2.75, 3.05) is 6.54 Å². The molecule has 1 fully saturated rings. The van der Waals surface area contributed by atoms with Gasteiger partial charge < -0.3 is 10.6 Å². The minimum absolute atomic E-state index is 0.106. The second kappa shape index (κ2) is 4.71.